The summed E-state index contributed by atoms with van der Waals surface area (Å²) < 4.78 is 2.24. The number of hydrogen-bond donors (Lipinski definition) is 1. The summed E-state index contributed by atoms with van der Waals surface area (Å²) in [6.07, 6.45) is 16.3. The van der Waals surface area contributed by atoms with Crippen molar-refractivity contribution in [2.75, 3.05) is 0 Å². The highest BCUT2D eigenvalue weighted by atomic mass is 15.1. The number of H-pyrrole nitrogens is 1. The first kappa shape index (κ1) is 11.0. The standard InChI is InChI=1S/C15H18N4/c1-2-12-7-11(1)8-13(12)3-5-19-6-4-17-15(19)14-9-16-10-18-14/h1-2,4,6,9-13H,3,5,7-8H2,(H,16,18)/t11-,12+,13-/m0/s1. The van der Waals surface area contributed by atoms with E-state index in [1.54, 1.807) is 6.33 Å². The van der Waals surface area contributed by atoms with Crippen molar-refractivity contribution >= 4 is 0 Å². The van der Waals surface area contributed by atoms with E-state index in [9.17, 15) is 0 Å². The molecule has 0 aliphatic heterocycles. The maximum atomic E-state index is 4.43. The van der Waals surface area contributed by atoms with Gasteiger partial charge in [0.1, 0.15) is 5.69 Å². The van der Waals surface area contributed by atoms with E-state index in [1.807, 2.05) is 12.4 Å². The van der Waals surface area contributed by atoms with E-state index in [-0.39, 0.29) is 0 Å². The van der Waals surface area contributed by atoms with Gasteiger partial charge in [0.2, 0.25) is 0 Å². The molecule has 1 fully saturated rings. The number of aryl methyl sites for hydroxylation is 1. The zero-order valence-corrected chi connectivity index (χ0v) is 10.9. The Labute approximate surface area is 112 Å². The quantitative estimate of drug-likeness (QED) is 0.853. The molecule has 2 aliphatic rings. The fourth-order valence-electron chi connectivity index (χ4n) is 3.64. The highest BCUT2D eigenvalue weighted by molar-refractivity contribution is 5.47. The van der Waals surface area contributed by atoms with Crippen LogP contribution in [0, 0.1) is 17.8 Å². The van der Waals surface area contributed by atoms with Gasteiger partial charge in [0.05, 0.1) is 12.5 Å². The predicted molar refractivity (Wildman–Crippen MR) is 73.3 cm³/mol. The number of hydrogen-bond acceptors (Lipinski definition) is 2. The largest absolute Gasteiger partial charge is 0.342 e. The molecule has 4 nitrogen and oxygen atoms in total. The number of nitrogens with zero attached hydrogens (tertiary/aromatic N) is 3. The van der Waals surface area contributed by atoms with E-state index >= 15 is 0 Å². The van der Waals surface area contributed by atoms with Crippen LogP contribution in [0.15, 0.2) is 37.1 Å². The van der Waals surface area contributed by atoms with Gasteiger partial charge in [0, 0.05) is 18.9 Å². The smallest absolute Gasteiger partial charge is 0.158 e. The van der Waals surface area contributed by atoms with Gasteiger partial charge in [-0.3, -0.25) is 0 Å². The number of nitrogens with one attached hydrogen (secondary N) is 1. The van der Waals surface area contributed by atoms with Crippen molar-refractivity contribution in [2.24, 2.45) is 17.8 Å². The molecule has 98 valence electrons. The van der Waals surface area contributed by atoms with E-state index in [0.29, 0.717) is 0 Å². The van der Waals surface area contributed by atoms with Crippen LogP contribution in [0.4, 0.5) is 0 Å². The van der Waals surface area contributed by atoms with Crippen LogP contribution in [0.2, 0.25) is 0 Å². The molecule has 2 aliphatic carbocycles. The summed E-state index contributed by atoms with van der Waals surface area (Å²) in [5, 5.41) is 0. The van der Waals surface area contributed by atoms with Crippen LogP contribution in [-0.2, 0) is 6.54 Å². The Kier molecular flexibility index (Phi) is 2.53. The van der Waals surface area contributed by atoms with Crippen LogP contribution in [0.3, 0.4) is 0 Å². The average molecular weight is 254 g/mol. The molecule has 2 heterocycles. The molecule has 2 aromatic rings. The average Bonchev–Trinajstić information content (AvgIpc) is 3.18. The summed E-state index contributed by atoms with van der Waals surface area (Å²) in [5.41, 5.74) is 0.998. The fraction of sp³-hybridized carbons (Fsp3) is 0.467. The maximum absolute atomic E-state index is 4.43. The summed E-state index contributed by atoms with van der Waals surface area (Å²) >= 11 is 0. The van der Waals surface area contributed by atoms with Crippen LogP contribution in [0.25, 0.3) is 11.5 Å². The van der Waals surface area contributed by atoms with E-state index in [2.05, 4.69) is 37.9 Å². The minimum atomic E-state index is 0.837. The second-order valence-corrected chi connectivity index (χ2v) is 5.74. The first-order valence-corrected chi connectivity index (χ1v) is 7.08. The van der Waals surface area contributed by atoms with Gasteiger partial charge in [-0.25, -0.2) is 9.97 Å². The number of aromatic amines is 1. The minimum Gasteiger partial charge on any atom is -0.342 e. The van der Waals surface area contributed by atoms with Crippen LogP contribution < -0.4 is 0 Å². The van der Waals surface area contributed by atoms with Crippen LogP contribution in [0.5, 0.6) is 0 Å². The van der Waals surface area contributed by atoms with Crippen molar-refractivity contribution in [3.8, 4) is 11.5 Å². The molecule has 4 rings (SSSR count). The lowest BCUT2D eigenvalue weighted by Crippen LogP contribution is -2.11. The zero-order valence-electron chi connectivity index (χ0n) is 10.9. The van der Waals surface area contributed by atoms with E-state index in [1.165, 1.54) is 19.3 Å². The van der Waals surface area contributed by atoms with Crippen LogP contribution in [0.1, 0.15) is 19.3 Å². The molecule has 2 aromatic heterocycles. The molecular formula is C15H18N4. The van der Waals surface area contributed by atoms with Gasteiger partial charge in [0.25, 0.3) is 0 Å². The number of aromatic nitrogens is 4. The zero-order chi connectivity index (χ0) is 12.7. The molecule has 19 heavy (non-hydrogen) atoms. The highest BCUT2D eigenvalue weighted by Crippen LogP contribution is 2.45. The molecule has 0 unspecified atom stereocenters. The lowest BCUT2D eigenvalue weighted by Gasteiger charge is -2.18. The molecule has 0 amide bonds. The first-order valence-electron chi connectivity index (χ1n) is 7.08. The van der Waals surface area contributed by atoms with Crippen molar-refractivity contribution in [3.05, 3.63) is 37.1 Å². The number of fused-ring (bicyclic) bond motifs is 2. The van der Waals surface area contributed by atoms with Crippen molar-refractivity contribution in [3.63, 3.8) is 0 Å². The molecule has 0 spiro atoms. The van der Waals surface area contributed by atoms with Crippen molar-refractivity contribution in [2.45, 2.75) is 25.8 Å². The molecule has 1 saturated carbocycles. The van der Waals surface area contributed by atoms with Crippen LogP contribution in [-0.4, -0.2) is 19.5 Å². The first-order chi connectivity index (χ1) is 9.40. The third-order valence-electron chi connectivity index (χ3n) is 4.61. The molecule has 0 aromatic carbocycles. The fourth-order valence-corrected chi connectivity index (χ4v) is 3.64. The molecule has 3 atom stereocenters. The Morgan fingerprint density at radius 1 is 1.32 bits per heavy atom. The van der Waals surface area contributed by atoms with Gasteiger partial charge in [-0.2, -0.15) is 0 Å². The van der Waals surface area contributed by atoms with Gasteiger partial charge in [0.15, 0.2) is 5.82 Å². The SMILES string of the molecule is C1=C[C@@H]2C[C@H]1C[C@@H]2CCn1ccnc1-c1cnc[nH]1. The van der Waals surface area contributed by atoms with Gasteiger partial charge >= 0.3 is 0 Å². The minimum absolute atomic E-state index is 0.837. The number of allylic oxidation sites excluding steroid dienone is 2. The normalized spacial score (nSPS) is 28.3. The Balaban J connectivity index is 1.46. The lowest BCUT2D eigenvalue weighted by atomic mass is 9.90. The summed E-state index contributed by atoms with van der Waals surface area (Å²) in [4.78, 5) is 11.6. The molecular weight excluding hydrogens is 236 g/mol. The third kappa shape index (κ3) is 1.91. The lowest BCUT2D eigenvalue weighted by molar-refractivity contribution is 0.389. The summed E-state index contributed by atoms with van der Waals surface area (Å²) in [6, 6.07) is 0. The molecule has 2 bridgehead atoms. The number of rotatable bonds is 4. The monoisotopic (exact) mass is 254 g/mol. The van der Waals surface area contributed by atoms with Gasteiger partial charge in [-0.1, -0.05) is 12.2 Å². The Hall–Kier alpha value is -1.84. The molecule has 0 saturated heterocycles. The van der Waals surface area contributed by atoms with E-state index < -0.39 is 0 Å². The third-order valence-corrected chi connectivity index (χ3v) is 4.61. The second kappa shape index (κ2) is 4.37. The van der Waals surface area contributed by atoms with E-state index in [4.69, 9.17) is 0 Å². The van der Waals surface area contributed by atoms with Crippen molar-refractivity contribution in [1.82, 2.24) is 19.5 Å². The Morgan fingerprint density at radius 2 is 2.32 bits per heavy atom. The van der Waals surface area contributed by atoms with Crippen molar-refractivity contribution in [1.29, 1.82) is 0 Å². The summed E-state index contributed by atoms with van der Waals surface area (Å²) in [7, 11) is 0. The molecule has 1 N–H and O–H groups in total. The predicted octanol–water partition coefficient (Wildman–Crippen LogP) is 2.88. The molecule has 0 radical (unpaired) electrons. The van der Waals surface area contributed by atoms with Crippen molar-refractivity contribution < 1.29 is 0 Å². The highest BCUT2D eigenvalue weighted by Gasteiger charge is 2.35. The number of imidazole rings is 2. The Bertz CT molecular complexity index is 581. The molecule has 4 heteroatoms. The second-order valence-electron chi connectivity index (χ2n) is 5.74. The van der Waals surface area contributed by atoms with Gasteiger partial charge < -0.3 is 9.55 Å². The van der Waals surface area contributed by atoms with E-state index in [0.717, 1.165) is 35.8 Å². The van der Waals surface area contributed by atoms with Gasteiger partial charge in [-0.15, -0.1) is 0 Å². The topological polar surface area (TPSA) is 46.5 Å². The Morgan fingerprint density at radius 3 is 3.05 bits per heavy atom. The van der Waals surface area contributed by atoms with Gasteiger partial charge in [-0.05, 0) is 37.0 Å². The summed E-state index contributed by atoms with van der Waals surface area (Å²) in [6.45, 7) is 1.05. The maximum Gasteiger partial charge on any atom is 0.158 e. The van der Waals surface area contributed by atoms with Crippen LogP contribution >= 0.6 is 0 Å². The summed E-state index contributed by atoms with van der Waals surface area (Å²) in [5.74, 6) is 3.57.